The first-order valence-electron chi connectivity index (χ1n) is 5.09. The minimum absolute atomic E-state index is 0.0455. The van der Waals surface area contributed by atoms with Gasteiger partial charge in [-0.05, 0) is 12.1 Å². The zero-order chi connectivity index (χ0) is 14.0. The van der Waals surface area contributed by atoms with Crippen molar-refractivity contribution in [1.82, 2.24) is 4.98 Å². The smallest absolute Gasteiger partial charge is 0.225 e. The largest absolute Gasteiger partial charge is 0.437 e. The van der Waals surface area contributed by atoms with Crippen molar-refractivity contribution in [3.8, 4) is 11.6 Å². The van der Waals surface area contributed by atoms with Crippen LogP contribution in [-0.4, -0.2) is 10.1 Å². The van der Waals surface area contributed by atoms with E-state index in [9.17, 15) is 4.39 Å². The van der Waals surface area contributed by atoms with Crippen LogP contribution in [0.3, 0.4) is 0 Å². The molecule has 1 aromatic carbocycles. The predicted octanol–water partition coefficient (Wildman–Crippen LogP) is 4.47. The van der Waals surface area contributed by atoms with Crippen LogP contribution < -0.4 is 4.74 Å². The second kappa shape index (κ2) is 5.92. The Kier molecular flexibility index (Phi) is 4.47. The molecule has 0 fully saturated rings. The van der Waals surface area contributed by atoms with Gasteiger partial charge in [0.1, 0.15) is 11.6 Å². The van der Waals surface area contributed by atoms with Gasteiger partial charge in [-0.2, -0.15) is 0 Å². The SMILES string of the molecule is OCc1cc(F)cnc1Oc1cc(Cl)c(Cl)cc1Cl. The average Bonchev–Trinajstić information content (AvgIpc) is 2.37. The molecule has 100 valence electrons. The Morgan fingerprint density at radius 1 is 1.11 bits per heavy atom. The van der Waals surface area contributed by atoms with E-state index in [2.05, 4.69) is 4.98 Å². The maximum atomic E-state index is 13.0. The molecule has 0 unspecified atom stereocenters. The van der Waals surface area contributed by atoms with Gasteiger partial charge >= 0.3 is 0 Å². The van der Waals surface area contributed by atoms with Gasteiger partial charge in [0, 0.05) is 11.6 Å². The van der Waals surface area contributed by atoms with Crippen LogP contribution in [0.15, 0.2) is 24.4 Å². The fourth-order valence-electron chi connectivity index (χ4n) is 1.36. The maximum absolute atomic E-state index is 13.0. The van der Waals surface area contributed by atoms with Gasteiger partial charge in [-0.15, -0.1) is 0 Å². The van der Waals surface area contributed by atoms with Gasteiger partial charge in [-0.1, -0.05) is 34.8 Å². The number of rotatable bonds is 3. The van der Waals surface area contributed by atoms with E-state index < -0.39 is 12.4 Å². The van der Waals surface area contributed by atoms with Gasteiger partial charge in [-0.25, -0.2) is 9.37 Å². The van der Waals surface area contributed by atoms with Crippen molar-refractivity contribution < 1.29 is 14.2 Å². The molecule has 7 heteroatoms. The summed E-state index contributed by atoms with van der Waals surface area (Å²) in [6.45, 7) is -0.418. The molecule has 1 N–H and O–H groups in total. The quantitative estimate of drug-likeness (QED) is 0.848. The molecule has 0 atom stereocenters. The fraction of sp³-hybridized carbons (Fsp3) is 0.0833. The number of aliphatic hydroxyl groups excluding tert-OH is 1. The van der Waals surface area contributed by atoms with E-state index in [4.69, 9.17) is 44.6 Å². The van der Waals surface area contributed by atoms with Crippen LogP contribution in [0, 0.1) is 5.82 Å². The first-order chi connectivity index (χ1) is 9.01. The summed E-state index contributed by atoms with van der Waals surface area (Å²) < 4.78 is 18.4. The van der Waals surface area contributed by atoms with E-state index >= 15 is 0 Å². The molecular formula is C12H7Cl3FNO2. The Bertz CT molecular complexity index is 622. The fourth-order valence-corrected chi connectivity index (χ4v) is 1.94. The number of ether oxygens (including phenoxy) is 1. The topological polar surface area (TPSA) is 42.4 Å². The Labute approximate surface area is 123 Å². The summed E-state index contributed by atoms with van der Waals surface area (Å²) >= 11 is 17.6. The molecule has 0 saturated carbocycles. The molecule has 19 heavy (non-hydrogen) atoms. The first kappa shape index (κ1) is 14.3. The van der Waals surface area contributed by atoms with Gasteiger partial charge in [0.25, 0.3) is 0 Å². The lowest BCUT2D eigenvalue weighted by Crippen LogP contribution is -1.96. The lowest BCUT2D eigenvalue weighted by atomic mass is 10.3. The van der Waals surface area contributed by atoms with Crippen molar-refractivity contribution >= 4 is 34.8 Å². The van der Waals surface area contributed by atoms with Gasteiger partial charge in [0.15, 0.2) is 0 Å². The Hall–Kier alpha value is -1.07. The third kappa shape index (κ3) is 3.28. The van der Waals surface area contributed by atoms with E-state index in [1.165, 1.54) is 12.1 Å². The van der Waals surface area contributed by atoms with Crippen LogP contribution in [0.25, 0.3) is 0 Å². The van der Waals surface area contributed by atoms with Gasteiger partial charge in [0.2, 0.25) is 5.88 Å². The lowest BCUT2D eigenvalue weighted by Gasteiger charge is -2.10. The molecule has 0 aliphatic rings. The highest BCUT2D eigenvalue weighted by molar-refractivity contribution is 6.43. The Morgan fingerprint density at radius 2 is 1.79 bits per heavy atom. The number of halogens is 4. The van der Waals surface area contributed by atoms with E-state index in [1.54, 1.807) is 0 Å². The average molecular weight is 323 g/mol. The molecule has 3 nitrogen and oxygen atoms in total. The van der Waals surface area contributed by atoms with E-state index in [0.29, 0.717) is 0 Å². The summed E-state index contributed by atoms with van der Waals surface area (Å²) in [5.41, 5.74) is 0.196. The molecule has 0 spiro atoms. The monoisotopic (exact) mass is 321 g/mol. The Morgan fingerprint density at radius 3 is 2.47 bits per heavy atom. The minimum atomic E-state index is -0.573. The summed E-state index contributed by atoms with van der Waals surface area (Å²) in [7, 11) is 0. The number of pyridine rings is 1. The number of aliphatic hydroxyl groups is 1. The second-order valence-electron chi connectivity index (χ2n) is 3.57. The molecule has 0 amide bonds. The van der Waals surface area contributed by atoms with Crippen molar-refractivity contribution in [2.45, 2.75) is 6.61 Å². The number of hydrogen-bond acceptors (Lipinski definition) is 3. The normalized spacial score (nSPS) is 10.6. The summed E-state index contributed by atoms with van der Waals surface area (Å²) in [5.74, 6) is -0.314. The van der Waals surface area contributed by atoms with Crippen molar-refractivity contribution in [2.24, 2.45) is 0 Å². The molecule has 2 rings (SSSR count). The highest BCUT2D eigenvalue weighted by Gasteiger charge is 2.12. The van der Waals surface area contributed by atoms with Crippen molar-refractivity contribution in [1.29, 1.82) is 0 Å². The van der Waals surface area contributed by atoms with Crippen molar-refractivity contribution in [3.63, 3.8) is 0 Å². The third-order valence-electron chi connectivity index (χ3n) is 2.24. The highest BCUT2D eigenvalue weighted by Crippen LogP contribution is 2.36. The van der Waals surface area contributed by atoms with Crippen LogP contribution in [0.4, 0.5) is 4.39 Å². The summed E-state index contributed by atoms with van der Waals surface area (Å²) in [6.07, 6.45) is 0.972. The van der Waals surface area contributed by atoms with E-state index in [1.807, 2.05) is 0 Å². The molecule has 0 aliphatic heterocycles. The second-order valence-corrected chi connectivity index (χ2v) is 4.80. The van der Waals surface area contributed by atoms with Crippen LogP contribution in [0.2, 0.25) is 15.1 Å². The van der Waals surface area contributed by atoms with Crippen LogP contribution in [-0.2, 0) is 6.61 Å². The van der Waals surface area contributed by atoms with E-state index in [0.717, 1.165) is 12.3 Å². The summed E-state index contributed by atoms with van der Waals surface area (Å²) in [4.78, 5) is 3.75. The molecule has 0 aliphatic carbocycles. The molecule has 0 radical (unpaired) electrons. The maximum Gasteiger partial charge on any atom is 0.225 e. The minimum Gasteiger partial charge on any atom is -0.437 e. The summed E-state index contributed by atoms with van der Waals surface area (Å²) in [5, 5.41) is 9.89. The molecule has 0 saturated heterocycles. The molecule has 1 heterocycles. The number of benzene rings is 1. The highest BCUT2D eigenvalue weighted by atomic mass is 35.5. The lowest BCUT2D eigenvalue weighted by molar-refractivity contribution is 0.274. The van der Waals surface area contributed by atoms with Gasteiger partial charge in [-0.3, -0.25) is 0 Å². The van der Waals surface area contributed by atoms with Crippen LogP contribution >= 0.6 is 34.8 Å². The number of nitrogens with zero attached hydrogens (tertiary/aromatic N) is 1. The Balaban J connectivity index is 2.39. The van der Waals surface area contributed by atoms with Crippen molar-refractivity contribution in [2.75, 3.05) is 0 Å². The van der Waals surface area contributed by atoms with Crippen LogP contribution in [0.5, 0.6) is 11.6 Å². The molecule has 1 aromatic heterocycles. The summed E-state index contributed by atoms with van der Waals surface area (Å²) in [6, 6.07) is 3.95. The van der Waals surface area contributed by atoms with Crippen molar-refractivity contribution in [3.05, 3.63) is 50.8 Å². The number of aromatic nitrogens is 1. The van der Waals surface area contributed by atoms with Gasteiger partial charge < -0.3 is 9.84 Å². The van der Waals surface area contributed by atoms with Crippen LogP contribution in [0.1, 0.15) is 5.56 Å². The first-order valence-corrected chi connectivity index (χ1v) is 6.22. The predicted molar refractivity (Wildman–Crippen MR) is 71.7 cm³/mol. The molecule has 0 bridgehead atoms. The number of hydrogen-bond donors (Lipinski definition) is 1. The van der Waals surface area contributed by atoms with E-state index in [-0.39, 0.29) is 32.3 Å². The van der Waals surface area contributed by atoms with Gasteiger partial charge in [0.05, 0.1) is 27.9 Å². The standard InChI is InChI=1S/C12H7Cl3FNO2/c13-8-2-10(15)11(3-9(8)14)19-12-6(5-18)1-7(16)4-17-12/h1-4,18H,5H2. The molecule has 2 aromatic rings. The third-order valence-corrected chi connectivity index (χ3v) is 3.26. The zero-order valence-electron chi connectivity index (χ0n) is 9.33. The zero-order valence-corrected chi connectivity index (χ0v) is 11.6. The molecular weight excluding hydrogens is 315 g/mol.